The number of anilines is 2. The van der Waals surface area contributed by atoms with E-state index in [1.165, 1.54) is 12.8 Å². The Bertz CT molecular complexity index is 1130. The monoisotopic (exact) mass is 453 g/mol. The highest BCUT2D eigenvalue weighted by molar-refractivity contribution is 6.14. The van der Waals surface area contributed by atoms with Crippen LogP contribution in [0.4, 0.5) is 16.7 Å². The van der Waals surface area contributed by atoms with Crippen molar-refractivity contribution in [3.05, 3.63) is 17.5 Å². The van der Waals surface area contributed by atoms with Gasteiger partial charge < -0.3 is 20.7 Å². The van der Waals surface area contributed by atoms with Crippen molar-refractivity contribution >= 4 is 35.6 Å². The van der Waals surface area contributed by atoms with Gasteiger partial charge in [0, 0.05) is 43.2 Å². The SMILES string of the molecule is O=C1NC(=O)/C(=C/c2cnn3c(NC4CC4)nc(NCC4(CN5CCOCC5)CC4)nc23)N1. The maximum Gasteiger partial charge on any atom is 0.326 e. The van der Waals surface area contributed by atoms with Gasteiger partial charge in [-0.25, -0.2) is 4.79 Å². The number of nitrogens with zero attached hydrogens (tertiary/aromatic N) is 5. The quantitative estimate of drug-likeness (QED) is 0.331. The molecular weight excluding hydrogens is 426 g/mol. The summed E-state index contributed by atoms with van der Waals surface area (Å²) in [5.41, 5.74) is 1.60. The molecule has 12 heteroatoms. The number of imide groups is 1. The summed E-state index contributed by atoms with van der Waals surface area (Å²) < 4.78 is 7.12. The lowest BCUT2D eigenvalue weighted by Gasteiger charge is -2.30. The molecule has 0 radical (unpaired) electrons. The highest BCUT2D eigenvalue weighted by Crippen LogP contribution is 2.46. The molecule has 33 heavy (non-hydrogen) atoms. The largest absolute Gasteiger partial charge is 0.379 e. The molecule has 2 saturated heterocycles. The molecular formula is C21H27N9O3. The summed E-state index contributed by atoms with van der Waals surface area (Å²) in [6.45, 7) is 5.42. The van der Waals surface area contributed by atoms with E-state index in [1.807, 2.05) is 0 Å². The zero-order valence-electron chi connectivity index (χ0n) is 18.3. The number of hydrogen-bond donors (Lipinski definition) is 4. The number of carbonyl (C=O) groups excluding carboxylic acids is 2. The highest BCUT2D eigenvalue weighted by atomic mass is 16.5. The molecule has 12 nitrogen and oxygen atoms in total. The lowest BCUT2D eigenvalue weighted by molar-refractivity contribution is -0.115. The van der Waals surface area contributed by atoms with E-state index in [1.54, 1.807) is 16.8 Å². The third kappa shape index (κ3) is 4.35. The van der Waals surface area contributed by atoms with Crippen LogP contribution in [0.15, 0.2) is 11.9 Å². The Kier molecular flexibility index (Phi) is 4.91. The number of ether oxygens (including phenoxy) is 1. The second-order valence-electron chi connectivity index (χ2n) is 9.33. The standard InChI is InChI=1S/C21H27N9O3/c31-17-15(25-20(32)27-17)9-13-10-23-30-16(13)26-18(28-19(30)24-14-1-2-14)22-11-21(3-4-21)12-29-5-7-33-8-6-29/h9-10,14H,1-8,11-12H2,(H2,22,24,26,28)(H2,25,27,31,32)/b15-9-. The van der Waals surface area contributed by atoms with Crippen molar-refractivity contribution < 1.29 is 14.3 Å². The van der Waals surface area contributed by atoms with Gasteiger partial charge in [-0.15, -0.1) is 0 Å². The van der Waals surface area contributed by atoms with Gasteiger partial charge in [0.25, 0.3) is 5.91 Å². The van der Waals surface area contributed by atoms with Gasteiger partial charge in [-0.1, -0.05) is 0 Å². The van der Waals surface area contributed by atoms with Crippen molar-refractivity contribution in [2.75, 3.05) is 50.0 Å². The van der Waals surface area contributed by atoms with Crippen LogP contribution < -0.4 is 21.3 Å². The number of aromatic nitrogens is 4. The maximum atomic E-state index is 12.0. The Labute approximate surface area is 190 Å². The summed E-state index contributed by atoms with van der Waals surface area (Å²) in [4.78, 5) is 35.3. The molecule has 4 aliphatic rings. The molecule has 0 aromatic carbocycles. The van der Waals surface area contributed by atoms with Gasteiger partial charge in [-0.05, 0) is 31.8 Å². The van der Waals surface area contributed by atoms with Crippen molar-refractivity contribution in [2.45, 2.75) is 31.7 Å². The fourth-order valence-electron chi connectivity index (χ4n) is 4.28. The van der Waals surface area contributed by atoms with Crippen molar-refractivity contribution in [3.8, 4) is 0 Å². The Morgan fingerprint density at radius 1 is 1.18 bits per heavy atom. The molecule has 0 spiro atoms. The summed E-state index contributed by atoms with van der Waals surface area (Å²) in [5, 5.41) is 16.0. The molecule has 0 atom stereocenters. The summed E-state index contributed by atoms with van der Waals surface area (Å²) >= 11 is 0. The third-order valence-corrected chi connectivity index (χ3v) is 6.57. The molecule has 4 fully saturated rings. The lowest BCUT2D eigenvalue weighted by atomic mass is 10.1. The smallest absolute Gasteiger partial charge is 0.326 e. The van der Waals surface area contributed by atoms with Crippen LogP contribution in [0.3, 0.4) is 0 Å². The first-order valence-corrected chi connectivity index (χ1v) is 11.5. The minimum absolute atomic E-state index is 0.169. The molecule has 2 aliphatic heterocycles. The third-order valence-electron chi connectivity index (χ3n) is 6.57. The van der Waals surface area contributed by atoms with E-state index in [0.29, 0.717) is 29.1 Å². The van der Waals surface area contributed by atoms with Gasteiger partial charge in [-0.3, -0.25) is 15.0 Å². The van der Waals surface area contributed by atoms with Crippen LogP contribution in [0, 0.1) is 5.41 Å². The highest BCUT2D eigenvalue weighted by Gasteiger charge is 2.44. The van der Waals surface area contributed by atoms with Gasteiger partial charge in [0.1, 0.15) is 5.70 Å². The maximum absolute atomic E-state index is 12.0. The number of morpholine rings is 1. The molecule has 2 aromatic heterocycles. The fourth-order valence-corrected chi connectivity index (χ4v) is 4.28. The molecule has 0 unspecified atom stereocenters. The number of fused-ring (bicyclic) bond motifs is 1. The Morgan fingerprint density at radius 3 is 2.70 bits per heavy atom. The number of hydrogen-bond acceptors (Lipinski definition) is 9. The van der Waals surface area contributed by atoms with Crippen LogP contribution in [-0.4, -0.2) is 81.9 Å². The van der Waals surface area contributed by atoms with Crippen LogP contribution in [0.2, 0.25) is 0 Å². The zero-order valence-corrected chi connectivity index (χ0v) is 18.3. The van der Waals surface area contributed by atoms with E-state index in [-0.39, 0.29) is 11.1 Å². The van der Waals surface area contributed by atoms with Crippen LogP contribution in [-0.2, 0) is 9.53 Å². The van der Waals surface area contributed by atoms with E-state index in [4.69, 9.17) is 14.7 Å². The summed E-state index contributed by atoms with van der Waals surface area (Å²) in [6, 6.07) is -0.149. The normalized spacial score (nSPS) is 23.6. The predicted molar refractivity (Wildman–Crippen MR) is 119 cm³/mol. The molecule has 3 amide bonds. The van der Waals surface area contributed by atoms with Crippen LogP contribution in [0.1, 0.15) is 31.2 Å². The first-order chi connectivity index (χ1) is 16.1. The number of nitrogens with one attached hydrogen (secondary N) is 4. The Morgan fingerprint density at radius 2 is 2.00 bits per heavy atom. The zero-order chi connectivity index (χ0) is 22.4. The molecule has 0 bridgehead atoms. The number of carbonyl (C=O) groups is 2. The van der Waals surface area contributed by atoms with E-state index in [2.05, 4.69) is 31.3 Å². The van der Waals surface area contributed by atoms with Crippen LogP contribution in [0.25, 0.3) is 11.7 Å². The van der Waals surface area contributed by atoms with Crippen molar-refractivity contribution in [1.82, 2.24) is 35.1 Å². The molecule has 174 valence electrons. The van der Waals surface area contributed by atoms with Gasteiger partial charge in [-0.2, -0.15) is 19.6 Å². The number of amides is 3. The Balaban J connectivity index is 1.25. The van der Waals surface area contributed by atoms with Gasteiger partial charge >= 0.3 is 6.03 Å². The first-order valence-electron chi connectivity index (χ1n) is 11.5. The summed E-state index contributed by atoms with van der Waals surface area (Å²) in [5.74, 6) is 0.674. The minimum Gasteiger partial charge on any atom is -0.379 e. The lowest BCUT2D eigenvalue weighted by Crippen LogP contribution is -2.41. The number of urea groups is 1. The average Bonchev–Trinajstić information content (AvgIpc) is 3.71. The topological polar surface area (TPSA) is 138 Å². The van der Waals surface area contributed by atoms with Crippen molar-refractivity contribution in [3.63, 3.8) is 0 Å². The number of rotatable bonds is 8. The molecule has 4 N–H and O–H groups in total. The van der Waals surface area contributed by atoms with Gasteiger partial charge in [0.05, 0.1) is 19.4 Å². The second kappa shape index (κ2) is 7.96. The van der Waals surface area contributed by atoms with Gasteiger partial charge in [0.15, 0.2) is 5.65 Å². The molecule has 2 aromatic rings. The van der Waals surface area contributed by atoms with E-state index >= 15 is 0 Å². The molecule has 2 saturated carbocycles. The van der Waals surface area contributed by atoms with Crippen molar-refractivity contribution in [1.29, 1.82) is 0 Å². The van der Waals surface area contributed by atoms with Gasteiger partial charge in [0.2, 0.25) is 11.9 Å². The van der Waals surface area contributed by atoms with Crippen LogP contribution in [0.5, 0.6) is 0 Å². The van der Waals surface area contributed by atoms with Crippen LogP contribution >= 0.6 is 0 Å². The Hall–Kier alpha value is -3.25. The second-order valence-corrected chi connectivity index (χ2v) is 9.33. The fraction of sp³-hybridized carbons (Fsp3) is 0.571. The predicted octanol–water partition coefficient (Wildman–Crippen LogP) is 0.403. The average molecular weight is 454 g/mol. The minimum atomic E-state index is -0.536. The van der Waals surface area contributed by atoms with E-state index in [9.17, 15) is 9.59 Å². The molecule has 6 rings (SSSR count). The first kappa shape index (κ1) is 20.4. The molecule has 2 aliphatic carbocycles. The van der Waals surface area contributed by atoms with E-state index < -0.39 is 11.9 Å². The van der Waals surface area contributed by atoms with Crippen molar-refractivity contribution in [2.24, 2.45) is 5.41 Å². The molecule has 4 heterocycles. The van der Waals surface area contributed by atoms with E-state index in [0.717, 1.165) is 52.2 Å². The summed E-state index contributed by atoms with van der Waals surface area (Å²) in [7, 11) is 0. The summed E-state index contributed by atoms with van der Waals surface area (Å²) in [6.07, 6.45) is 7.78.